The zero-order chi connectivity index (χ0) is 29.8. The van der Waals surface area contributed by atoms with Crippen LogP contribution in [0.2, 0.25) is 0 Å². The fourth-order valence-corrected chi connectivity index (χ4v) is 12.3. The lowest BCUT2D eigenvalue weighted by Crippen LogP contribution is -2.64. The molecular formula is C30H52O8P2. The van der Waals surface area contributed by atoms with Gasteiger partial charge in [-0.15, -0.1) is 0 Å². The van der Waals surface area contributed by atoms with Gasteiger partial charge in [0, 0.05) is 0 Å². The van der Waals surface area contributed by atoms with Crippen LogP contribution in [0.25, 0.3) is 0 Å². The first-order valence-corrected chi connectivity index (χ1v) is 18.3. The first-order chi connectivity index (χ1) is 18.1. The molecule has 5 rings (SSSR count). The molecule has 0 spiro atoms. The molecule has 8 nitrogen and oxygen atoms in total. The van der Waals surface area contributed by atoms with Gasteiger partial charge in [0.15, 0.2) is 0 Å². The molecule has 9 atom stereocenters. The maximum absolute atomic E-state index is 11.8. The van der Waals surface area contributed by atoms with E-state index >= 15 is 0 Å². The Kier molecular flexibility index (Phi) is 7.44. The van der Waals surface area contributed by atoms with Gasteiger partial charge in [0.25, 0.3) is 0 Å². The maximum atomic E-state index is 11.8. The number of rotatable bonds is 5. The first-order valence-electron chi connectivity index (χ1n) is 15.2. The van der Waals surface area contributed by atoms with E-state index in [1.807, 2.05) is 0 Å². The van der Waals surface area contributed by atoms with Crippen LogP contribution in [0.5, 0.6) is 0 Å². The topological polar surface area (TPSA) is 134 Å². The molecule has 5 aliphatic carbocycles. The highest BCUT2D eigenvalue weighted by molar-refractivity contribution is 7.46. The van der Waals surface area contributed by atoms with Gasteiger partial charge in [-0.3, -0.25) is 9.05 Å². The van der Waals surface area contributed by atoms with Gasteiger partial charge in [-0.05, 0) is 114 Å². The van der Waals surface area contributed by atoms with Crippen molar-refractivity contribution in [3.63, 3.8) is 0 Å². The SMILES string of the molecule is CC1(C)[C@@H](OP(=O)(O)O)CC[C@]2(C)[C@H]3CC=C4[C@@H]5C[C@@](C)(COP(=O)(O)O)CC[C@]5(C)CC[C@@]4(C)[C@]3(C)CC[C@@H]12. The lowest BCUT2D eigenvalue weighted by molar-refractivity contribution is -0.201. The monoisotopic (exact) mass is 602 g/mol. The van der Waals surface area contributed by atoms with Gasteiger partial charge in [0.2, 0.25) is 0 Å². The number of allylic oxidation sites excluding steroid dienone is 2. The number of fused-ring (bicyclic) bond motifs is 7. The van der Waals surface area contributed by atoms with E-state index in [1.165, 1.54) is 0 Å². The Morgan fingerprint density at radius 1 is 0.825 bits per heavy atom. The van der Waals surface area contributed by atoms with Gasteiger partial charge in [-0.1, -0.05) is 60.1 Å². The molecule has 5 aliphatic rings. The van der Waals surface area contributed by atoms with E-state index in [0.717, 1.165) is 57.8 Å². The Balaban J connectivity index is 1.47. The highest BCUT2D eigenvalue weighted by Crippen LogP contribution is 2.76. The molecule has 0 radical (unpaired) electrons. The Bertz CT molecular complexity index is 1160. The lowest BCUT2D eigenvalue weighted by atomic mass is 9.33. The third-order valence-corrected chi connectivity index (χ3v) is 14.7. The highest BCUT2D eigenvalue weighted by atomic mass is 31.2. The molecule has 0 saturated heterocycles. The minimum Gasteiger partial charge on any atom is -0.303 e. The van der Waals surface area contributed by atoms with E-state index in [-0.39, 0.29) is 39.1 Å². The second kappa shape index (κ2) is 9.48. The molecule has 230 valence electrons. The molecule has 0 aromatic carbocycles. The summed E-state index contributed by atoms with van der Waals surface area (Å²) >= 11 is 0. The van der Waals surface area contributed by atoms with Crippen LogP contribution < -0.4 is 0 Å². The van der Waals surface area contributed by atoms with Crippen molar-refractivity contribution in [3.8, 4) is 0 Å². The molecule has 0 amide bonds. The molecule has 0 heterocycles. The Morgan fingerprint density at radius 2 is 1.48 bits per heavy atom. The summed E-state index contributed by atoms with van der Waals surface area (Å²) in [6.07, 6.45) is 11.9. The average molecular weight is 603 g/mol. The second-order valence-electron chi connectivity index (χ2n) is 16.2. The van der Waals surface area contributed by atoms with E-state index in [1.54, 1.807) is 5.57 Å². The van der Waals surface area contributed by atoms with Crippen LogP contribution in [0.1, 0.15) is 113 Å². The number of hydrogen-bond acceptors (Lipinski definition) is 4. The Hall–Kier alpha value is -0.0400. The molecule has 4 saturated carbocycles. The zero-order valence-corrected chi connectivity index (χ0v) is 27.3. The molecule has 0 unspecified atom stereocenters. The average Bonchev–Trinajstić information content (AvgIpc) is 2.80. The molecule has 0 bridgehead atoms. The summed E-state index contributed by atoms with van der Waals surface area (Å²) < 4.78 is 33.8. The standard InChI is InChI=1S/C30H52O8P2/c1-25(2)22-10-13-30(7)23(28(22,5)12-11-24(25)38-40(34,35)36)9-8-20-21-18-26(3,19-37-39(31,32)33)14-15-27(21,4)16-17-29(20,30)6/h8,21-24H,9-19H2,1-7H3,(H2,31,32,33)(H2,34,35,36)/t21-,22-,23+,24-,26-,27+,28-,29+,30+/m0/s1. The van der Waals surface area contributed by atoms with E-state index in [9.17, 15) is 28.7 Å². The molecule has 4 N–H and O–H groups in total. The largest absolute Gasteiger partial charge is 0.469 e. The molecule has 0 aromatic rings. The van der Waals surface area contributed by atoms with Crippen LogP contribution in [0, 0.1) is 50.2 Å². The summed E-state index contributed by atoms with van der Waals surface area (Å²) in [6.45, 7) is 16.4. The van der Waals surface area contributed by atoms with Gasteiger partial charge in [0.05, 0.1) is 12.7 Å². The van der Waals surface area contributed by atoms with Crippen molar-refractivity contribution in [2.45, 2.75) is 119 Å². The van der Waals surface area contributed by atoms with Crippen LogP contribution in [0.3, 0.4) is 0 Å². The lowest BCUT2D eigenvalue weighted by Gasteiger charge is -2.71. The maximum Gasteiger partial charge on any atom is 0.469 e. The smallest absolute Gasteiger partial charge is 0.303 e. The summed E-state index contributed by atoms with van der Waals surface area (Å²) in [7, 11) is -9.08. The molecule has 0 aromatic heterocycles. The third-order valence-electron chi connectivity index (χ3n) is 13.7. The van der Waals surface area contributed by atoms with Crippen molar-refractivity contribution in [2.75, 3.05) is 6.61 Å². The Labute approximate surface area is 240 Å². The summed E-state index contributed by atoms with van der Waals surface area (Å²) in [6, 6.07) is 0. The summed E-state index contributed by atoms with van der Waals surface area (Å²) in [5.74, 6) is 1.16. The van der Waals surface area contributed by atoms with Crippen LogP contribution >= 0.6 is 15.6 Å². The van der Waals surface area contributed by atoms with E-state index in [0.29, 0.717) is 24.2 Å². The van der Waals surface area contributed by atoms with Gasteiger partial charge >= 0.3 is 15.6 Å². The zero-order valence-electron chi connectivity index (χ0n) is 25.5. The van der Waals surface area contributed by atoms with Crippen molar-refractivity contribution in [1.82, 2.24) is 0 Å². The highest BCUT2D eigenvalue weighted by Gasteiger charge is 2.68. The quantitative estimate of drug-likeness (QED) is 0.189. The van der Waals surface area contributed by atoms with Gasteiger partial charge in [-0.25, -0.2) is 9.13 Å². The van der Waals surface area contributed by atoms with Crippen LogP contribution in [-0.2, 0) is 18.2 Å². The van der Waals surface area contributed by atoms with Crippen LogP contribution in [0.15, 0.2) is 11.6 Å². The van der Waals surface area contributed by atoms with E-state index in [4.69, 9.17) is 9.05 Å². The van der Waals surface area contributed by atoms with Crippen molar-refractivity contribution >= 4 is 15.6 Å². The van der Waals surface area contributed by atoms with E-state index in [2.05, 4.69) is 54.5 Å². The minimum absolute atomic E-state index is 0.0415. The Morgan fingerprint density at radius 3 is 2.10 bits per heavy atom. The second-order valence-corrected chi connectivity index (χ2v) is 18.7. The van der Waals surface area contributed by atoms with Gasteiger partial charge < -0.3 is 19.6 Å². The van der Waals surface area contributed by atoms with Crippen molar-refractivity contribution in [2.24, 2.45) is 50.2 Å². The van der Waals surface area contributed by atoms with Crippen molar-refractivity contribution in [3.05, 3.63) is 11.6 Å². The van der Waals surface area contributed by atoms with E-state index < -0.39 is 21.7 Å². The predicted molar refractivity (Wildman–Crippen MR) is 154 cm³/mol. The molecule has 40 heavy (non-hydrogen) atoms. The predicted octanol–water partition coefficient (Wildman–Crippen LogP) is 7.38. The molecule has 10 heteroatoms. The van der Waals surface area contributed by atoms with Gasteiger partial charge in [0.1, 0.15) is 0 Å². The molecule has 4 fully saturated rings. The summed E-state index contributed by atoms with van der Waals surface area (Å²) in [5.41, 5.74) is 1.35. The number of phosphoric acid groups is 2. The first kappa shape index (κ1) is 31.4. The summed E-state index contributed by atoms with van der Waals surface area (Å²) in [5, 5.41) is 0. The van der Waals surface area contributed by atoms with Crippen LogP contribution in [0.4, 0.5) is 0 Å². The molecule has 0 aliphatic heterocycles. The minimum atomic E-state index is -4.56. The third kappa shape index (κ3) is 4.89. The molecular weight excluding hydrogens is 550 g/mol. The fraction of sp³-hybridized carbons (Fsp3) is 0.933. The number of hydrogen-bond donors (Lipinski definition) is 4. The van der Waals surface area contributed by atoms with Crippen molar-refractivity contribution < 1.29 is 37.8 Å². The summed E-state index contributed by atoms with van der Waals surface area (Å²) in [4.78, 5) is 38.0. The normalized spacial score (nSPS) is 48.7. The van der Waals surface area contributed by atoms with Crippen LogP contribution in [-0.4, -0.2) is 32.3 Å². The van der Waals surface area contributed by atoms with Gasteiger partial charge in [-0.2, -0.15) is 0 Å². The number of phosphoric ester groups is 2. The van der Waals surface area contributed by atoms with Crippen molar-refractivity contribution in [1.29, 1.82) is 0 Å². The fourth-order valence-electron chi connectivity index (χ4n) is 11.1.